The molecule has 1 aliphatic heterocycles. The van der Waals surface area contributed by atoms with Crippen molar-refractivity contribution in [1.82, 2.24) is 0 Å². The van der Waals surface area contributed by atoms with Gasteiger partial charge < -0.3 is 10.2 Å². The van der Waals surface area contributed by atoms with Crippen molar-refractivity contribution >= 4 is 28.8 Å². The highest BCUT2D eigenvalue weighted by Crippen LogP contribution is 2.43. The molecular formula is C25H20N2O6. The van der Waals surface area contributed by atoms with Gasteiger partial charge in [0.1, 0.15) is 11.5 Å². The number of carbonyl (C=O) groups excluding carboxylic acids is 2. The summed E-state index contributed by atoms with van der Waals surface area (Å²) < 4.78 is 0. The molecule has 0 aromatic heterocycles. The summed E-state index contributed by atoms with van der Waals surface area (Å²) in [5.74, 6) is -2.10. The Morgan fingerprint density at radius 2 is 1.61 bits per heavy atom. The van der Waals surface area contributed by atoms with Gasteiger partial charge in [-0.05, 0) is 60.9 Å². The molecule has 0 spiro atoms. The maximum Gasteiger partial charge on any atom is 0.300 e. The fraction of sp³-hybridized carbons (Fsp3) is 0.120. The van der Waals surface area contributed by atoms with Crippen LogP contribution in [0.2, 0.25) is 0 Å². The van der Waals surface area contributed by atoms with E-state index in [9.17, 15) is 29.9 Å². The summed E-state index contributed by atoms with van der Waals surface area (Å²) >= 11 is 0. The molecule has 0 radical (unpaired) electrons. The van der Waals surface area contributed by atoms with Gasteiger partial charge in [-0.25, -0.2) is 0 Å². The van der Waals surface area contributed by atoms with Gasteiger partial charge in [-0.1, -0.05) is 24.3 Å². The van der Waals surface area contributed by atoms with E-state index in [4.69, 9.17) is 0 Å². The zero-order valence-corrected chi connectivity index (χ0v) is 17.9. The highest BCUT2D eigenvalue weighted by atomic mass is 16.6. The number of benzene rings is 3. The van der Waals surface area contributed by atoms with Gasteiger partial charge in [-0.3, -0.25) is 24.6 Å². The molecule has 3 aromatic rings. The average molecular weight is 444 g/mol. The smallest absolute Gasteiger partial charge is 0.300 e. The van der Waals surface area contributed by atoms with Gasteiger partial charge in [0.25, 0.3) is 17.4 Å². The number of aromatic hydroxyl groups is 1. The number of aliphatic hydroxyl groups excluding tert-OH is 1. The van der Waals surface area contributed by atoms with Crippen LogP contribution in [0.3, 0.4) is 0 Å². The Morgan fingerprint density at radius 1 is 0.970 bits per heavy atom. The van der Waals surface area contributed by atoms with Gasteiger partial charge in [-0.2, -0.15) is 0 Å². The minimum absolute atomic E-state index is 0.0119. The third-order valence-electron chi connectivity index (χ3n) is 5.84. The largest absolute Gasteiger partial charge is 0.508 e. The van der Waals surface area contributed by atoms with Gasteiger partial charge in [0.2, 0.25) is 0 Å². The molecule has 1 atom stereocenters. The standard InChI is InChI=1S/C25H20N2O6/c1-14-4-3-5-20(15(14)2)26-22(16-8-12-19(28)13-9-16)21(24(30)25(26)31)23(29)17-6-10-18(11-7-17)27(32)33/h3-13,22,28-29H,1-2H3/b23-21+. The molecule has 1 unspecified atom stereocenters. The molecule has 1 fully saturated rings. The predicted molar refractivity (Wildman–Crippen MR) is 122 cm³/mol. The quantitative estimate of drug-likeness (QED) is 0.200. The Balaban J connectivity index is 1.95. The van der Waals surface area contributed by atoms with E-state index in [2.05, 4.69) is 0 Å². The first-order valence-electron chi connectivity index (χ1n) is 10.1. The van der Waals surface area contributed by atoms with E-state index in [0.29, 0.717) is 11.3 Å². The summed E-state index contributed by atoms with van der Waals surface area (Å²) in [6.07, 6.45) is 0. The third kappa shape index (κ3) is 3.71. The number of aryl methyl sites for hydroxylation is 1. The van der Waals surface area contributed by atoms with Crippen LogP contribution in [0.1, 0.15) is 28.3 Å². The number of rotatable bonds is 4. The monoisotopic (exact) mass is 444 g/mol. The molecular weight excluding hydrogens is 424 g/mol. The van der Waals surface area contributed by atoms with Crippen molar-refractivity contribution in [2.24, 2.45) is 0 Å². The van der Waals surface area contributed by atoms with Crippen LogP contribution in [-0.4, -0.2) is 26.8 Å². The van der Waals surface area contributed by atoms with E-state index in [1.54, 1.807) is 24.3 Å². The number of amides is 1. The number of nitro benzene ring substituents is 1. The van der Waals surface area contributed by atoms with E-state index in [0.717, 1.165) is 11.1 Å². The molecule has 1 amide bonds. The molecule has 3 aromatic carbocycles. The molecule has 8 nitrogen and oxygen atoms in total. The highest BCUT2D eigenvalue weighted by molar-refractivity contribution is 6.51. The minimum atomic E-state index is -0.957. The summed E-state index contributed by atoms with van der Waals surface area (Å²) in [7, 11) is 0. The average Bonchev–Trinajstić information content (AvgIpc) is 3.06. The zero-order valence-electron chi connectivity index (χ0n) is 17.9. The number of aliphatic hydroxyl groups is 1. The highest BCUT2D eigenvalue weighted by Gasteiger charge is 2.47. The van der Waals surface area contributed by atoms with Crippen LogP contribution >= 0.6 is 0 Å². The van der Waals surface area contributed by atoms with Gasteiger partial charge in [0.05, 0.1) is 16.5 Å². The second-order valence-electron chi connectivity index (χ2n) is 7.78. The number of hydrogen-bond donors (Lipinski definition) is 2. The van der Waals surface area contributed by atoms with Crippen LogP contribution in [0.15, 0.2) is 72.3 Å². The number of phenolic OH excluding ortho intramolecular Hbond substituents is 1. The van der Waals surface area contributed by atoms with Crippen molar-refractivity contribution in [3.63, 3.8) is 0 Å². The van der Waals surface area contributed by atoms with Crippen LogP contribution in [0, 0.1) is 24.0 Å². The Kier molecular flexibility index (Phi) is 5.43. The fourth-order valence-corrected chi connectivity index (χ4v) is 3.95. The number of carbonyl (C=O) groups is 2. The summed E-state index contributed by atoms with van der Waals surface area (Å²) in [5, 5.41) is 31.8. The Hall–Kier alpha value is -4.46. The maximum atomic E-state index is 13.2. The van der Waals surface area contributed by atoms with E-state index >= 15 is 0 Å². The molecule has 0 aliphatic carbocycles. The van der Waals surface area contributed by atoms with Gasteiger partial charge in [-0.15, -0.1) is 0 Å². The number of non-ortho nitro benzene ring substituents is 1. The lowest BCUT2D eigenvalue weighted by Gasteiger charge is -2.27. The molecule has 1 aliphatic rings. The van der Waals surface area contributed by atoms with E-state index in [-0.39, 0.29) is 22.6 Å². The molecule has 0 bridgehead atoms. The van der Waals surface area contributed by atoms with Crippen LogP contribution in [0.25, 0.3) is 5.76 Å². The van der Waals surface area contributed by atoms with Gasteiger partial charge in [0.15, 0.2) is 0 Å². The molecule has 1 heterocycles. The molecule has 1 saturated heterocycles. The normalized spacial score (nSPS) is 17.4. The molecule has 2 N–H and O–H groups in total. The number of ketones is 1. The minimum Gasteiger partial charge on any atom is -0.508 e. The SMILES string of the molecule is Cc1cccc(N2C(=O)C(=O)/C(=C(/O)c3ccc([N+](=O)[O-])cc3)C2c2ccc(O)cc2)c1C. The number of phenols is 1. The van der Waals surface area contributed by atoms with E-state index < -0.39 is 28.4 Å². The fourth-order valence-electron chi connectivity index (χ4n) is 3.95. The van der Waals surface area contributed by atoms with E-state index in [1.807, 2.05) is 19.9 Å². The molecule has 33 heavy (non-hydrogen) atoms. The molecule has 166 valence electrons. The number of nitro groups is 1. The lowest BCUT2D eigenvalue weighted by molar-refractivity contribution is -0.384. The summed E-state index contributed by atoms with van der Waals surface area (Å²) in [6, 6.07) is 15.5. The Bertz CT molecular complexity index is 1310. The number of nitrogens with zero attached hydrogens (tertiary/aromatic N) is 2. The third-order valence-corrected chi connectivity index (χ3v) is 5.84. The van der Waals surface area contributed by atoms with Crippen molar-refractivity contribution in [3.05, 3.63) is 105 Å². The first-order chi connectivity index (χ1) is 15.7. The van der Waals surface area contributed by atoms with Crippen LogP contribution in [-0.2, 0) is 9.59 Å². The van der Waals surface area contributed by atoms with Crippen molar-refractivity contribution in [1.29, 1.82) is 0 Å². The molecule has 0 saturated carbocycles. The zero-order chi connectivity index (χ0) is 23.9. The molecule has 8 heteroatoms. The Morgan fingerprint density at radius 3 is 2.21 bits per heavy atom. The van der Waals surface area contributed by atoms with Crippen molar-refractivity contribution in [3.8, 4) is 5.75 Å². The summed E-state index contributed by atoms with van der Waals surface area (Å²) in [6.45, 7) is 3.73. The lowest BCUT2D eigenvalue weighted by atomic mass is 9.94. The van der Waals surface area contributed by atoms with Crippen LogP contribution < -0.4 is 4.90 Å². The van der Waals surface area contributed by atoms with Crippen molar-refractivity contribution in [2.75, 3.05) is 4.90 Å². The van der Waals surface area contributed by atoms with Crippen molar-refractivity contribution < 1.29 is 24.7 Å². The number of hydrogen-bond acceptors (Lipinski definition) is 6. The van der Waals surface area contributed by atoms with Crippen LogP contribution in [0.4, 0.5) is 11.4 Å². The summed E-state index contributed by atoms with van der Waals surface area (Å²) in [5.41, 5.74) is 2.63. The maximum absolute atomic E-state index is 13.2. The lowest BCUT2D eigenvalue weighted by Crippen LogP contribution is -2.30. The van der Waals surface area contributed by atoms with Gasteiger partial charge >= 0.3 is 0 Å². The topological polar surface area (TPSA) is 121 Å². The van der Waals surface area contributed by atoms with E-state index in [1.165, 1.54) is 41.3 Å². The second-order valence-corrected chi connectivity index (χ2v) is 7.78. The first-order valence-corrected chi connectivity index (χ1v) is 10.1. The van der Waals surface area contributed by atoms with Crippen molar-refractivity contribution in [2.45, 2.75) is 19.9 Å². The second kappa shape index (κ2) is 8.23. The number of Topliss-reactive ketones (excluding diaryl/α,β-unsaturated/α-hetero) is 1. The molecule has 4 rings (SSSR count). The van der Waals surface area contributed by atoms with Crippen LogP contribution in [0.5, 0.6) is 5.75 Å². The Labute approximate surface area is 189 Å². The predicted octanol–water partition coefficient (Wildman–Crippen LogP) is 4.54. The van der Waals surface area contributed by atoms with Gasteiger partial charge in [0, 0.05) is 23.4 Å². The number of anilines is 1. The first kappa shape index (κ1) is 21.8. The summed E-state index contributed by atoms with van der Waals surface area (Å²) in [4.78, 5) is 38.1.